The maximum atomic E-state index is 11.3. The smallest absolute Gasteiger partial charge is 0.303 e. The lowest BCUT2D eigenvalue weighted by molar-refractivity contribution is -0.137. The number of ether oxygens (including phenoxy) is 1. The summed E-state index contributed by atoms with van der Waals surface area (Å²) in [5.41, 5.74) is 2.14. The van der Waals surface area contributed by atoms with E-state index in [-0.39, 0.29) is 12.3 Å². The summed E-state index contributed by atoms with van der Waals surface area (Å²) in [6.07, 6.45) is 5.02. The van der Waals surface area contributed by atoms with Gasteiger partial charge in [0.05, 0.1) is 13.0 Å². The Morgan fingerprint density at radius 3 is 2.41 bits per heavy atom. The van der Waals surface area contributed by atoms with E-state index >= 15 is 0 Å². The number of nitrogens with one attached hydrogen (secondary N) is 1. The average Bonchev–Trinajstić information content (AvgIpc) is 2.75. The van der Waals surface area contributed by atoms with E-state index < -0.39 is 5.97 Å². The number of rotatable bonds is 11. The Morgan fingerprint density at radius 1 is 1.00 bits per heavy atom. The minimum Gasteiger partial charge on any atom is -0.494 e. The first-order valence-corrected chi connectivity index (χ1v) is 9.70. The molecule has 3 rings (SSSR count). The molecular weight excluding hydrogens is 366 g/mol. The highest BCUT2D eigenvalue weighted by atomic mass is 16.5. The summed E-state index contributed by atoms with van der Waals surface area (Å²) in [6, 6.07) is 19.5. The summed E-state index contributed by atoms with van der Waals surface area (Å²) in [6.45, 7) is 1.32. The van der Waals surface area contributed by atoms with Crippen molar-refractivity contribution in [3.8, 4) is 5.75 Å². The Hall–Kier alpha value is -3.41. The maximum absolute atomic E-state index is 11.3. The molecule has 0 radical (unpaired) electrons. The van der Waals surface area contributed by atoms with Crippen LogP contribution in [-0.2, 0) is 11.2 Å². The Morgan fingerprint density at radius 2 is 1.72 bits per heavy atom. The number of aliphatic carboxylic acids is 1. The highest BCUT2D eigenvalue weighted by Gasteiger charge is 2.16. The molecule has 2 aromatic carbocycles. The molecule has 0 bridgehead atoms. The summed E-state index contributed by atoms with van der Waals surface area (Å²) in [4.78, 5) is 19.5. The Balaban J connectivity index is 1.46. The minimum atomic E-state index is -0.784. The quantitative estimate of drug-likeness (QED) is 0.478. The maximum Gasteiger partial charge on any atom is 0.303 e. The molecule has 6 heteroatoms. The molecule has 6 nitrogen and oxygen atoms in total. The van der Waals surface area contributed by atoms with Gasteiger partial charge in [-0.2, -0.15) is 0 Å². The van der Waals surface area contributed by atoms with Gasteiger partial charge < -0.3 is 15.2 Å². The van der Waals surface area contributed by atoms with E-state index in [4.69, 9.17) is 4.74 Å². The van der Waals surface area contributed by atoms with E-state index in [0.29, 0.717) is 19.0 Å². The number of hydrogen-bond donors (Lipinski definition) is 2. The molecule has 0 aliphatic rings. The molecule has 1 heterocycles. The predicted octanol–water partition coefficient (Wildman–Crippen LogP) is 4.16. The van der Waals surface area contributed by atoms with E-state index in [1.807, 2.05) is 54.6 Å². The van der Waals surface area contributed by atoms with Crippen LogP contribution in [0.15, 0.2) is 73.1 Å². The summed E-state index contributed by atoms with van der Waals surface area (Å²) in [7, 11) is 0. The normalized spacial score (nSPS) is 11.6. The number of carbonyl (C=O) groups is 1. The van der Waals surface area contributed by atoms with Gasteiger partial charge in [-0.1, -0.05) is 42.5 Å². The summed E-state index contributed by atoms with van der Waals surface area (Å²) < 4.78 is 5.78. The van der Waals surface area contributed by atoms with Gasteiger partial charge in [0.2, 0.25) is 5.95 Å². The molecule has 1 aromatic heterocycles. The van der Waals surface area contributed by atoms with Crippen molar-refractivity contribution in [1.29, 1.82) is 0 Å². The van der Waals surface area contributed by atoms with E-state index in [2.05, 4.69) is 15.3 Å². The van der Waals surface area contributed by atoms with Gasteiger partial charge in [-0.3, -0.25) is 4.79 Å². The van der Waals surface area contributed by atoms with Crippen LogP contribution in [0.4, 0.5) is 5.95 Å². The van der Waals surface area contributed by atoms with E-state index in [9.17, 15) is 9.90 Å². The SMILES string of the molecule is O=C(O)C[C@H](Cc1ccc(OCCCNc2ncccn2)cc1)c1ccccc1. The van der Waals surface area contributed by atoms with E-state index in [1.165, 1.54) is 0 Å². The molecule has 0 fully saturated rings. The number of aromatic nitrogens is 2. The number of hydrogen-bond acceptors (Lipinski definition) is 5. The lowest BCUT2D eigenvalue weighted by Gasteiger charge is -2.16. The second-order valence-corrected chi connectivity index (χ2v) is 6.75. The van der Waals surface area contributed by atoms with Gasteiger partial charge in [0.25, 0.3) is 0 Å². The van der Waals surface area contributed by atoms with Crippen molar-refractivity contribution < 1.29 is 14.6 Å². The molecule has 0 amide bonds. The second-order valence-electron chi connectivity index (χ2n) is 6.75. The molecule has 0 saturated heterocycles. The van der Waals surface area contributed by atoms with Crippen LogP contribution in [-0.4, -0.2) is 34.2 Å². The summed E-state index contributed by atoms with van der Waals surface area (Å²) >= 11 is 0. The van der Waals surface area contributed by atoms with Gasteiger partial charge >= 0.3 is 5.97 Å². The van der Waals surface area contributed by atoms with Crippen molar-refractivity contribution in [3.63, 3.8) is 0 Å². The Bertz CT molecular complexity index is 871. The van der Waals surface area contributed by atoms with Gasteiger partial charge in [-0.15, -0.1) is 0 Å². The fourth-order valence-corrected chi connectivity index (χ4v) is 3.10. The minimum absolute atomic E-state index is 0.0493. The van der Waals surface area contributed by atoms with Gasteiger partial charge in [0.15, 0.2) is 0 Å². The van der Waals surface area contributed by atoms with Crippen LogP contribution in [0.2, 0.25) is 0 Å². The van der Waals surface area contributed by atoms with Gasteiger partial charge in [0, 0.05) is 18.9 Å². The molecule has 150 valence electrons. The third kappa shape index (κ3) is 6.92. The first-order chi connectivity index (χ1) is 14.2. The Kier molecular flexibility index (Phi) is 7.57. The fraction of sp³-hybridized carbons (Fsp3) is 0.261. The first-order valence-electron chi connectivity index (χ1n) is 9.70. The standard InChI is InChI=1S/C23H25N3O3/c27-22(28)17-20(19-6-2-1-3-7-19)16-18-8-10-21(11-9-18)29-15-5-14-26-23-24-12-4-13-25-23/h1-4,6-13,20H,5,14-17H2,(H,27,28)(H,24,25,26)/t20-/m0/s1. The van der Waals surface area contributed by atoms with Crippen molar-refractivity contribution in [3.05, 3.63) is 84.2 Å². The lowest BCUT2D eigenvalue weighted by Crippen LogP contribution is -2.10. The zero-order valence-corrected chi connectivity index (χ0v) is 16.2. The number of carboxylic acids is 1. The van der Waals surface area contributed by atoms with Crippen molar-refractivity contribution in [2.75, 3.05) is 18.5 Å². The van der Waals surface area contributed by atoms with Crippen molar-refractivity contribution >= 4 is 11.9 Å². The molecule has 0 spiro atoms. The molecule has 0 unspecified atom stereocenters. The largest absolute Gasteiger partial charge is 0.494 e. The molecule has 1 atom stereocenters. The Labute approximate surface area is 170 Å². The highest BCUT2D eigenvalue weighted by molar-refractivity contribution is 5.68. The first kappa shape index (κ1) is 20.3. The van der Waals surface area contributed by atoms with Crippen LogP contribution in [0.25, 0.3) is 0 Å². The fourth-order valence-electron chi connectivity index (χ4n) is 3.10. The van der Waals surface area contributed by atoms with Crippen molar-refractivity contribution in [1.82, 2.24) is 9.97 Å². The van der Waals surface area contributed by atoms with Crippen LogP contribution >= 0.6 is 0 Å². The second kappa shape index (κ2) is 10.8. The molecular formula is C23H25N3O3. The highest BCUT2D eigenvalue weighted by Crippen LogP contribution is 2.25. The number of anilines is 1. The molecule has 29 heavy (non-hydrogen) atoms. The topological polar surface area (TPSA) is 84.3 Å². The zero-order valence-electron chi connectivity index (χ0n) is 16.2. The van der Waals surface area contributed by atoms with E-state index in [1.54, 1.807) is 18.5 Å². The number of carboxylic acid groups (broad SMARTS) is 1. The van der Waals surface area contributed by atoms with Crippen LogP contribution in [0.3, 0.4) is 0 Å². The zero-order chi connectivity index (χ0) is 20.3. The number of nitrogens with zero attached hydrogens (tertiary/aromatic N) is 2. The van der Waals surface area contributed by atoms with E-state index in [0.717, 1.165) is 29.8 Å². The third-order valence-electron chi connectivity index (χ3n) is 4.54. The third-order valence-corrected chi connectivity index (χ3v) is 4.54. The van der Waals surface area contributed by atoms with Crippen LogP contribution < -0.4 is 10.1 Å². The molecule has 0 aliphatic heterocycles. The molecule has 0 saturated carbocycles. The lowest BCUT2D eigenvalue weighted by atomic mass is 9.89. The average molecular weight is 391 g/mol. The predicted molar refractivity (Wildman–Crippen MR) is 112 cm³/mol. The van der Waals surface area contributed by atoms with Crippen molar-refractivity contribution in [2.24, 2.45) is 0 Å². The van der Waals surface area contributed by atoms with Gasteiger partial charge in [-0.25, -0.2) is 9.97 Å². The van der Waals surface area contributed by atoms with Crippen molar-refractivity contribution in [2.45, 2.75) is 25.2 Å². The summed E-state index contributed by atoms with van der Waals surface area (Å²) in [5.74, 6) is 0.588. The van der Waals surface area contributed by atoms with Crippen LogP contribution in [0.5, 0.6) is 5.75 Å². The van der Waals surface area contributed by atoms with Crippen LogP contribution in [0.1, 0.15) is 29.9 Å². The van der Waals surface area contributed by atoms with Gasteiger partial charge in [0.1, 0.15) is 5.75 Å². The molecule has 0 aliphatic carbocycles. The summed E-state index contributed by atoms with van der Waals surface area (Å²) in [5, 5.41) is 12.4. The van der Waals surface area contributed by atoms with Gasteiger partial charge in [-0.05, 0) is 48.1 Å². The molecule has 2 N–H and O–H groups in total. The van der Waals surface area contributed by atoms with Crippen LogP contribution in [0, 0.1) is 0 Å². The molecule has 3 aromatic rings. The number of benzene rings is 2. The monoisotopic (exact) mass is 391 g/mol.